The van der Waals surface area contributed by atoms with Crippen LogP contribution in [0.3, 0.4) is 0 Å². The third-order valence-electron chi connectivity index (χ3n) is 2.63. The lowest BCUT2D eigenvalue weighted by Gasteiger charge is -2.32. The van der Waals surface area contributed by atoms with E-state index in [4.69, 9.17) is 4.74 Å². The Balaban J connectivity index is 2.59. The quantitative estimate of drug-likeness (QED) is 0.576. The van der Waals surface area contributed by atoms with Gasteiger partial charge in [0.2, 0.25) is 0 Å². The van der Waals surface area contributed by atoms with E-state index in [1.807, 2.05) is 0 Å². The first-order chi connectivity index (χ1) is 6.11. The summed E-state index contributed by atoms with van der Waals surface area (Å²) in [5.41, 5.74) is 0. The van der Waals surface area contributed by atoms with Gasteiger partial charge in [0.05, 0.1) is 13.0 Å². The molecule has 13 heavy (non-hydrogen) atoms. The topological polar surface area (TPSA) is 29.5 Å². The van der Waals surface area contributed by atoms with Crippen LogP contribution in [0.2, 0.25) is 0 Å². The molecule has 0 spiro atoms. The van der Waals surface area contributed by atoms with Gasteiger partial charge in [0.1, 0.15) is 0 Å². The second kappa shape index (κ2) is 4.61. The first-order valence-electron chi connectivity index (χ1n) is 4.97. The van der Waals surface area contributed by atoms with Crippen molar-refractivity contribution >= 4 is 5.97 Å². The monoisotopic (exact) mass is 185 g/mol. The molecule has 0 aliphatic carbocycles. The number of rotatable bonds is 1. The maximum absolute atomic E-state index is 11.2. The fraction of sp³-hybridized carbons (Fsp3) is 0.900. The molecule has 1 saturated heterocycles. The Bertz CT molecular complexity index is 180. The molecule has 1 aliphatic rings. The average Bonchev–Trinajstić information content (AvgIpc) is 2.04. The number of carbonyl (C=O) groups is 1. The first-order valence-corrected chi connectivity index (χ1v) is 4.97. The SMILES string of the molecule is CC(C)[C@H]1CC(=O)OCCCN1C. The average molecular weight is 185 g/mol. The third-order valence-corrected chi connectivity index (χ3v) is 2.63. The van der Waals surface area contributed by atoms with Gasteiger partial charge in [-0.25, -0.2) is 0 Å². The van der Waals surface area contributed by atoms with Crippen LogP contribution < -0.4 is 0 Å². The molecule has 3 heteroatoms. The van der Waals surface area contributed by atoms with Gasteiger partial charge in [-0.05, 0) is 19.4 Å². The lowest BCUT2D eigenvalue weighted by molar-refractivity contribution is -0.147. The summed E-state index contributed by atoms with van der Waals surface area (Å²) in [5, 5.41) is 0. The van der Waals surface area contributed by atoms with Crippen LogP contribution in [0, 0.1) is 5.92 Å². The van der Waals surface area contributed by atoms with Crippen LogP contribution in [0.25, 0.3) is 0 Å². The molecule has 0 N–H and O–H groups in total. The summed E-state index contributed by atoms with van der Waals surface area (Å²) in [4.78, 5) is 13.5. The van der Waals surface area contributed by atoms with Gasteiger partial charge in [0.15, 0.2) is 0 Å². The molecule has 0 bridgehead atoms. The van der Waals surface area contributed by atoms with Gasteiger partial charge >= 0.3 is 5.97 Å². The van der Waals surface area contributed by atoms with E-state index < -0.39 is 0 Å². The van der Waals surface area contributed by atoms with Gasteiger partial charge in [-0.2, -0.15) is 0 Å². The van der Waals surface area contributed by atoms with Crippen LogP contribution in [0.1, 0.15) is 26.7 Å². The van der Waals surface area contributed by atoms with Gasteiger partial charge < -0.3 is 9.64 Å². The number of hydrogen-bond donors (Lipinski definition) is 0. The van der Waals surface area contributed by atoms with Crippen molar-refractivity contribution in [3.8, 4) is 0 Å². The fourth-order valence-electron chi connectivity index (χ4n) is 1.80. The molecule has 0 amide bonds. The zero-order valence-electron chi connectivity index (χ0n) is 8.75. The van der Waals surface area contributed by atoms with Gasteiger partial charge in [-0.1, -0.05) is 13.8 Å². The number of cyclic esters (lactones) is 1. The highest BCUT2D eigenvalue weighted by molar-refractivity contribution is 5.70. The lowest BCUT2D eigenvalue weighted by Crippen LogP contribution is -2.40. The van der Waals surface area contributed by atoms with Crippen LogP contribution in [0.15, 0.2) is 0 Å². The molecule has 1 atom stereocenters. The van der Waals surface area contributed by atoms with Crippen molar-refractivity contribution in [1.29, 1.82) is 0 Å². The minimum atomic E-state index is -0.0507. The maximum Gasteiger partial charge on any atom is 0.307 e. The van der Waals surface area contributed by atoms with Crippen molar-refractivity contribution in [3.63, 3.8) is 0 Å². The van der Waals surface area contributed by atoms with Crippen LogP contribution in [-0.2, 0) is 9.53 Å². The van der Waals surface area contributed by atoms with Gasteiger partial charge in [0, 0.05) is 12.6 Å². The van der Waals surface area contributed by atoms with E-state index in [9.17, 15) is 4.79 Å². The van der Waals surface area contributed by atoms with Crippen molar-refractivity contribution in [3.05, 3.63) is 0 Å². The van der Waals surface area contributed by atoms with Gasteiger partial charge in [0.25, 0.3) is 0 Å². The Morgan fingerprint density at radius 1 is 1.54 bits per heavy atom. The Hall–Kier alpha value is -0.570. The van der Waals surface area contributed by atoms with E-state index in [-0.39, 0.29) is 5.97 Å². The zero-order valence-corrected chi connectivity index (χ0v) is 8.75. The highest BCUT2D eigenvalue weighted by atomic mass is 16.5. The number of hydrogen-bond acceptors (Lipinski definition) is 3. The molecule has 1 heterocycles. The van der Waals surface area contributed by atoms with E-state index >= 15 is 0 Å². The molecule has 0 aromatic heterocycles. The van der Waals surface area contributed by atoms with Gasteiger partial charge in [-0.15, -0.1) is 0 Å². The molecule has 0 aromatic carbocycles. The summed E-state index contributed by atoms with van der Waals surface area (Å²) in [5.74, 6) is 0.459. The van der Waals surface area contributed by atoms with Crippen molar-refractivity contribution in [2.75, 3.05) is 20.2 Å². The van der Waals surface area contributed by atoms with E-state index in [0.29, 0.717) is 25.0 Å². The smallest absolute Gasteiger partial charge is 0.307 e. The van der Waals surface area contributed by atoms with E-state index in [2.05, 4.69) is 25.8 Å². The number of carbonyl (C=O) groups excluding carboxylic acids is 1. The summed E-state index contributed by atoms with van der Waals surface area (Å²) in [6, 6.07) is 0.341. The van der Waals surface area contributed by atoms with Gasteiger partial charge in [-0.3, -0.25) is 4.79 Å². The Kier molecular flexibility index (Phi) is 3.72. The molecule has 1 fully saturated rings. The highest BCUT2D eigenvalue weighted by Crippen LogP contribution is 2.16. The largest absolute Gasteiger partial charge is 0.466 e. The van der Waals surface area contributed by atoms with E-state index in [1.165, 1.54) is 0 Å². The molecule has 3 nitrogen and oxygen atoms in total. The predicted molar refractivity (Wildman–Crippen MR) is 51.4 cm³/mol. The minimum absolute atomic E-state index is 0.0507. The number of ether oxygens (including phenoxy) is 1. The summed E-state index contributed by atoms with van der Waals surface area (Å²) in [6.07, 6.45) is 1.49. The Morgan fingerprint density at radius 3 is 2.85 bits per heavy atom. The highest BCUT2D eigenvalue weighted by Gasteiger charge is 2.24. The third kappa shape index (κ3) is 2.99. The molecule has 0 radical (unpaired) electrons. The second-order valence-corrected chi connectivity index (χ2v) is 4.07. The first kappa shape index (κ1) is 10.5. The summed E-state index contributed by atoms with van der Waals surface area (Å²) in [6.45, 7) is 5.90. The summed E-state index contributed by atoms with van der Waals surface area (Å²) in [7, 11) is 2.09. The van der Waals surface area contributed by atoms with E-state index in [0.717, 1.165) is 13.0 Å². The molecular formula is C10H19NO2. The number of nitrogens with zero attached hydrogens (tertiary/aromatic N) is 1. The van der Waals surface area contributed by atoms with Crippen molar-refractivity contribution < 1.29 is 9.53 Å². The maximum atomic E-state index is 11.2. The number of esters is 1. The predicted octanol–water partition coefficient (Wildman–Crippen LogP) is 1.28. The standard InChI is InChI=1S/C10H19NO2/c1-8(2)9-7-10(12)13-6-4-5-11(9)3/h8-9H,4-7H2,1-3H3/t9-/m1/s1. The molecule has 1 aliphatic heterocycles. The fourth-order valence-corrected chi connectivity index (χ4v) is 1.80. The molecule has 0 saturated carbocycles. The molecular weight excluding hydrogens is 166 g/mol. The molecule has 1 rings (SSSR count). The Morgan fingerprint density at radius 2 is 2.23 bits per heavy atom. The van der Waals surface area contributed by atoms with Crippen LogP contribution in [-0.4, -0.2) is 37.1 Å². The van der Waals surface area contributed by atoms with Crippen molar-refractivity contribution in [2.45, 2.75) is 32.7 Å². The van der Waals surface area contributed by atoms with Crippen molar-refractivity contribution in [2.24, 2.45) is 5.92 Å². The zero-order chi connectivity index (χ0) is 9.84. The summed E-state index contributed by atoms with van der Waals surface area (Å²) < 4.78 is 5.05. The summed E-state index contributed by atoms with van der Waals surface area (Å²) >= 11 is 0. The van der Waals surface area contributed by atoms with Crippen LogP contribution >= 0.6 is 0 Å². The molecule has 0 unspecified atom stereocenters. The van der Waals surface area contributed by atoms with Crippen LogP contribution in [0.4, 0.5) is 0 Å². The minimum Gasteiger partial charge on any atom is -0.466 e. The second-order valence-electron chi connectivity index (χ2n) is 4.07. The Labute approximate surface area is 80.1 Å². The van der Waals surface area contributed by atoms with Crippen molar-refractivity contribution in [1.82, 2.24) is 4.90 Å². The normalized spacial score (nSPS) is 26.8. The van der Waals surface area contributed by atoms with Crippen LogP contribution in [0.5, 0.6) is 0 Å². The molecule has 0 aromatic rings. The van der Waals surface area contributed by atoms with E-state index in [1.54, 1.807) is 0 Å². The molecule has 76 valence electrons. The lowest BCUT2D eigenvalue weighted by atomic mass is 9.99.